The number of nitrogens with zero attached hydrogens (tertiary/aromatic N) is 1. The van der Waals surface area contributed by atoms with Crippen molar-refractivity contribution in [1.82, 2.24) is 5.43 Å². The lowest BCUT2D eigenvalue weighted by atomic mass is 10.1. The van der Waals surface area contributed by atoms with Crippen LogP contribution in [-0.2, 0) is 0 Å². The maximum atomic E-state index is 11.8. The number of benzene rings is 1. The van der Waals surface area contributed by atoms with E-state index in [-0.39, 0.29) is 5.91 Å². The van der Waals surface area contributed by atoms with Gasteiger partial charge in [0.05, 0.1) is 17.5 Å². The molecule has 1 amide bonds. The monoisotopic (exact) mass is 276 g/mol. The van der Waals surface area contributed by atoms with E-state index in [1.807, 2.05) is 12.1 Å². The zero-order valence-corrected chi connectivity index (χ0v) is 11.4. The third-order valence-corrected chi connectivity index (χ3v) is 2.91. The molecule has 1 heterocycles. The topological polar surface area (TPSA) is 54.6 Å². The van der Waals surface area contributed by atoms with E-state index in [0.29, 0.717) is 22.1 Å². The largest absolute Gasteiger partial charge is 0.469 e. The average molecular weight is 277 g/mol. The van der Waals surface area contributed by atoms with Gasteiger partial charge in [-0.2, -0.15) is 5.10 Å². The van der Waals surface area contributed by atoms with Crippen LogP contribution in [0.25, 0.3) is 0 Å². The van der Waals surface area contributed by atoms with E-state index in [9.17, 15) is 4.79 Å². The van der Waals surface area contributed by atoms with Crippen LogP contribution >= 0.6 is 11.6 Å². The van der Waals surface area contributed by atoms with Crippen LogP contribution in [0.2, 0.25) is 5.02 Å². The fourth-order valence-electron chi connectivity index (χ4n) is 1.59. The Labute approximate surface area is 116 Å². The molecule has 0 aliphatic rings. The molecule has 5 heteroatoms. The van der Waals surface area contributed by atoms with Gasteiger partial charge in [0.15, 0.2) is 0 Å². The van der Waals surface area contributed by atoms with E-state index in [0.717, 1.165) is 5.56 Å². The summed E-state index contributed by atoms with van der Waals surface area (Å²) in [5.41, 5.74) is 4.50. The van der Waals surface area contributed by atoms with E-state index < -0.39 is 0 Å². The summed E-state index contributed by atoms with van der Waals surface area (Å²) in [5.74, 6) is 0.265. The molecule has 0 radical (unpaired) electrons. The molecule has 98 valence electrons. The van der Waals surface area contributed by atoms with Crippen molar-refractivity contribution < 1.29 is 9.21 Å². The van der Waals surface area contributed by atoms with Gasteiger partial charge in [-0.25, -0.2) is 5.43 Å². The standard InChI is InChI=1S/C14H13ClN2O2/c1-9(11-4-3-5-12(15)8-11)16-17-14(18)13-6-7-19-10(13)2/h3-8H,1-2H3,(H,17,18)/b16-9-. The Bertz CT molecular complexity index is 632. The van der Waals surface area contributed by atoms with Crippen LogP contribution in [0.3, 0.4) is 0 Å². The molecular weight excluding hydrogens is 264 g/mol. The first-order chi connectivity index (χ1) is 9.08. The van der Waals surface area contributed by atoms with Gasteiger partial charge in [0.25, 0.3) is 5.91 Å². The highest BCUT2D eigenvalue weighted by Crippen LogP contribution is 2.12. The fourth-order valence-corrected chi connectivity index (χ4v) is 1.78. The number of aryl methyl sites for hydroxylation is 1. The Kier molecular flexibility index (Phi) is 4.02. The molecule has 0 spiro atoms. The van der Waals surface area contributed by atoms with Crippen LogP contribution in [0.15, 0.2) is 46.1 Å². The van der Waals surface area contributed by atoms with E-state index in [1.54, 1.807) is 32.0 Å². The summed E-state index contributed by atoms with van der Waals surface area (Å²) in [6, 6.07) is 8.88. The minimum Gasteiger partial charge on any atom is -0.469 e. The molecule has 2 aromatic rings. The Balaban J connectivity index is 2.11. The van der Waals surface area contributed by atoms with E-state index >= 15 is 0 Å². The summed E-state index contributed by atoms with van der Waals surface area (Å²) in [7, 11) is 0. The maximum Gasteiger partial charge on any atom is 0.274 e. The number of carbonyl (C=O) groups excluding carboxylic acids is 1. The summed E-state index contributed by atoms with van der Waals surface area (Å²) in [4.78, 5) is 11.8. The zero-order valence-electron chi connectivity index (χ0n) is 10.6. The van der Waals surface area contributed by atoms with Gasteiger partial charge >= 0.3 is 0 Å². The minimum atomic E-state index is -0.298. The highest BCUT2D eigenvalue weighted by molar-refractivity contribution is 6.31. The minimum absolute atomic E-state index is 0.298. The first-order valence-electron chi connectivity index (χ1n) is 5.72. The van der Waals surface area contributed by atoms with Gasteiger partial charge in [0.1, 0.15) is 5.76 Å². The second-order valence-corrected chi connectivity index (χ2v) is 4.48. The lowest BCUT2D eigenvalue weighted by molar-refractivity contribution is 0.0953. The number of nitrogens with one attached hydrogen (secondary N) is 1. The molecule has 2 rings (SSSR count). The van der Waals surface area contributed by atoms with Gasteiger partial charge in [-0.3, -0.25) is 4.79 Å². The van der Waals surface area contributed by atoms with Crippen LogP contribution in [0.4, 0.5) is 0 Å². The lowest BCUT2D eigenvalue weighted by Gasteiger charge is -2.02. The van der Waals surface area contributed by atoms with Crippen molar-refractivity contribution in [3.8, 4) is 0 Å². The van der Waals surface area contributed by atoms with Crippen LogP contribution in [0.1, 0.15) is 28.6 Å². The highest BCUT2D eigenvalue weighted by Gasteiger charge is 2.10. The average Bonchev–Trinajstić information content (AvgIpc) is 2.82. The number of amides is 1. The van der Waals surface area contributed by atoms with Crippen molar-refractivity contribution >= 4 is 23.2 Å². The number of hydrazone groups is 1. The predicted octanol–water partition coefficient (Wildman–Crippen LogP) is 3.40. The summed E-state index contributed by atoms with van der Waals surface area (Å²) >= 11 is 5.90. The smallest absolute Gasteiger partial charge is 0.274 e. The van der Waals surface area contributed by atoms with Crippen molar-refractivity contribution in [2.24, 2.45) is 5.10 Å². The van der Waals surface area contributed by atoms with Crippen LogP contribution < -0.4 is 5.43 Å². The Morgan fingerprint density at radius 3 is 2.79 bits per heavy atom. The van der Waals surface area contributed by atoms with Gasteiger partial charge in [0.2, 0.25) is 0 Å². The Hall–Kier alpha value is -2.07. The van der Waals surface area contributed by atoms with Crippen molar-refractivity contribution in [3.05, 3.63) is 58.5 Å². The van der Waals surface area contributed by atoms with Crippen LogP contribution in [0, 0.1) is 6.92 Å². The van der Waals surface area contributed by atoms with Gasteiger partial charge in [-0.1, -0.05) is 23.7 Å². The number of carbonyl (C=O) groups is 1. The molecule has 0 atom stereocenters. The first-order valence-corrected chi connectivity index (χ1v) is 6.10. The quantitative estimate of drug-likeness (QED) is 0.690. The number of hydrogen-bond acceptors (Lipinski definition) is 3. The molecule has 0 aliphatic heterocycles. The molecule has 1 aromatic carbocycles. The van der Waals surface area contributed by atoms with Crippen LogP contribution in [0.5, 0.6) is 0 Å². The molecule has 1 aromatic heterocycles. The first kappa shape index (κ1) is 13.4. The molecule has 0 saturated heterocycles. The number of furan rings is 1. The van der Waals surface area contributed by atoms with Crippen molar-refractivity contribution in [1.29, 1.82) is 0 Å². The van der Waals surface area contributed by atoms with Gasteiger partial charge < -0.3 is 4.42 Å². The molecule has 0 aliphatic carbocycles. The molecular formula is C14H13ClN2O2. The number of rotatable bonds is 3. The lowest BCUT2D eigenvalue weighted by Crippen LogP contribution is -2.19. The summed E-state index contributed by atoms with van der Waals surface area (Å²) in [6.07, 6.45) is 1.47. The summed E-state index contributed by atoms with van der Waals surface area (Å²) in [6.45, 7) is 3.52. The third kappa shape index (κ3) is 3.23. The van der Waals surface area contributed by atoms with E-state index in [4.69, 9.17) is 16.0 Å². The number of halogens is 1. The van der Waals surface area contributed by atoms with Gasteiger partial charge in [-0.15, -0.1) is 0 Å². The van der Waals surface area contributed by atoms with E-state index in [2.05, 4.69) is 10.5 Å². The SMILES string of the molecule is C/C(=N/NC(=O)c1ccoc1C)c1cccc(Cl)c1. The fraction of sp³-hybridized carbons (Fsp3) is 0.143. The highest BCUT2D eigenvalue weighted by atomic mass is 35.5. The van der Waals surface area contributed by atoms with Gasteiger partial charge in [-0.05, 0) is 37.6 Å². The molecule has 0 fully saturated rings. The summed E-state index contributed by atoms with van der Waals surface area (Å²) in [5, 5.41) is 4.68. The second-order valence-electron chi connectivity index (χ2n) is 4.04. The molecule has 4 nitrogen and oxygen atoms in total. The predicted molar refractivity (Wildman–Crippen MR) is 74.6 cm³/mol. The Morgan fingerprint density at radius 2 is 2.16 bits per heavy atom. The zero-order chi connectivity index (χ0) is 13.8. The molecule has 0 unspecified atom stereocenters. The normalized spacial score (nSPS) is 11.4. The Morgan fingerprint density at radius 1 is 1.37 bits per heavy atom. The molecule has 0 bridgehead atoms. The molecule has 0 saturated carbocycles. The van der Waals surface area contributed by atoms with Crippen LogP contribution in [-0.4, -0.2) is 11.6 Å². The number of hydrogen-bond donors (Lipinski definition) is 1. The molecule has 1 N–H and O–H groups in total. The molecule has 19 heavy (non-hydrogen) atoms. The van der Waals surface area contributed by atoms with Gasteiger partial charge in [0, 0.05) is 5.02 Å². The van der Waals surface area contributed by atoms with Crippen molar-refractivity contribution in [2.45, 2.75) is 13.8 Å². The van der Waals surface area contributed by atoms with E-state index in [1.165, 1.54) is 6.26 Å². The van der Waals surface area contributed by atoms with Crippen molar-refractivity contribution in [2.75, 3.05) is 0 Å². The maximum absolute atomic E-state index is 11.8. The van der Waals surface area contributed by atoms with Crippen molar-refractivity contribution in [3.63, 3.8) is 0 Å². The second kappa shape index (κ2) is 5.71. The summed E-state index contributed by atoms with van der Waals surface area (Å²) < 4.78 is 5.07. The third-order valence-electron chi connectivity index (χ3n) is 2.67.